The van der Waals surface area contributed by atoms with Gasteiger partial charge in [-0.25, -0.2) is 0 Å². The number of aryl methyl sites for hydroxylation is 1. The Morgan fingerprint density at radius 3 is 2.61 bits per heavy atom. The van der Waals surface area contributed by atoms with Crippen molar-refractivity contribution in [2.24, 2.45) is 0 Å². The lowest BCUT2D eigenvalue weighted by atomic mass is 10.0. The van der Waals surface area contributed by atoms with Gasteiger partial charge in [0.05, 0.1) is 7.11 Å². The topological polar surface area (TPSA) is 21.3 Å². The van der Waals surface area contributed by atoms with Gasteiger partial charge in [-0.1, -0.05) is 54.1 Å². The van der Waals surface area contributed by atoms with E-state index in [1.165, 1.54) is 40.7 Å². The highest BCUT2D eigenvalue weighted by molar-refractivity contribution is 6.30. The number of halogens is 1. The van der Waals surface area contributed by atoms with Crippen molar-refractivity contribution in [2.75, 3.05) is 7.11 Å². The van der Waals surface area contributed by atoms with Crippen LogP contribution in [-0.2, 0) is 6.42 Å². The van der Waals surface area contributed by atoms with Gasteiger partial charge in [0, 0.05) is 23.0 Å². The molecule has 3 atom stereocenters. The molecule has 3 heteroatoms. The van der Waals surface area contributed by atoms with Crippen LogP contribution in [0.1, 0.15) is 41.5 Å². The van der Waals surface area contributed by atoms with Gasteiger partial charge >= 0.3 is 0 Å². The minimum Gasteiger partial charge on any atom is -0.497 e. The van der Waals surface area contributed by atoms with E-state index in [4.69, 9.17) is 16.3 Å². The Hall–Kier alpha value is -2.29. The van der Waals surface area contributed by atoms with Crippen LogP contribution in [0.3, 0.4) is 0 Å². The molecule has 3 aromatic rings. The Bertz CT molecular complexity index is 998. The fourth-order valence-electron chi connectivity index (χ4n) is 4.48. The van der Waals surface area contributed by atoms with Gasteiger partial charge in [-0.15, -0.1) is 0 Å². The molecule has 0 amide bonds. The summed E-state index contributed by atoms with van der Waals surface area (Å²) in [5, 5.41) is 4.67. The lowest BCUT2D eigenvalue weighted by molar-refractivity contribution is 0.413. The van der Waals surface area contributed by atoms with Gasteiger partial charge in [0.1, 0.15) is 5.75 Å². The van der Waals surface area contributed by atoms with E-state index < -0.39 is 0 Å². The third-order valence-corrected chi connectivity index (χ3v) is 6.37. The molecule has 2 nitrogen and oxygen atoms in total. The molecule has 0 aromatic heterocycles. The molecule has 1 saturated carbocycles. The highest BCUT2D eigenvalue weighted by atomic mass is 35.5. The second-order valence-electron chi connectivity index (χ2n) is 7.90. The van der Waals surface area contributed by atoms with E-state index in [1.54, 1.807) is 7.11 Å². The first kappa shape index (κ1) is 17.8. The lowest BCUT2D eigenvalue weighted by Gasteiger charge is -2.15. The highest BCUT2D eigenvalue weighted by Gasteiger charge is 2.40. The van der Waals surface area contributed by atoms with E-state index in [0.717, 1.165) is 17.2 Å². The normalized spacial score (nSPS) is 22.7. The summed E-state index contributed by atoms with van der Waals surface area (Å²) in [6.07, 6.45) is 3.55. The maximum atomic E-state index is 6.13. The molecule has 0 radical (unpaired) electrons. The van der Waals surface area contributed by atoms with Crippen LogP contribution in [0.2, 0.25) is 5.02 Å². The van der Waals surface area contributed by atoms with E-state index in [9.17, 15) is 0 Å². The number of hydrogen-bond acceptors (Lipinski definition) is 2. The summed E-state index contributed by atoms with van der Waals surface area (Å²) in [7, 11) is 1.74. The van der Waals surface area contributed by atoms with E-state index in [-0.39, 0.29) is 0 Å². The average Bonchev–Trinajstić information content (AvgIpc) is 3.39. The molecule has 0 saturated heterocycles. The van der Waals surface area contributed by atoms with Crippen molar-refractivity contribution in [2.45, 2.75) is 37.3 Å². The molecule has 1 fully saturated rings. The zero-order valence-electron chi connectivity index (χ0n) is 16.0. The summed E-state index contributed by atoms with van der Waals surface area (Å²) in [5.41, 5.74) is 6.68. The molecule has 3 aromatic carbocycles. The van der Waals surface area contributed by atoms with Crippen molar-refractivity contribution in [3.63, 3.8) is 0 Å². The molecule has 1 N–H and O–H groups in total. The van der Waals surface area contributed by atoms with Gasteiger partial charge < -0.3 is 10.1 Å². The lowest BCUT2D eigenvalue weighted by Crippen LogP contribution is -2.22. The van der Waals surface area contributed by atoms with Crippen LogP contribution in [0, 0.1) is 0 Å². The summed E-state index contributed by atoms with van der Waals surface area (Å²) >= 11 is 6.13. The number of rotatable bonds is 5. The molecule has 0 aliphatic heterocycles. The van der Waals surface area contributed by atoms with Gasteiger partial charge in [-0.3, -0.25) is 0 Å². The molecule has 0 bridgehead atoms. The van der Waals surface area contributed by atoms with Crippen molar-refractivity contribution in [3.8, 4) is 16.9 Å². The standard InChI is InChI=1S/C25H24ClNO/c1-28-21-11-9-18-10-12-24(22(18)14-21)27-25-15-23(25)17-7-5-16(6-8-17)19-3-2-4-20(26)13-19/h2-9,11,13-14,23-25,27H,10,12,15H2,1H3. The molecule has 0 spiro atoms. The average molecular weight is 390 g/mol. The zero-order valence-corrected chi connectivity index (χ0v) is 16.7. The third kappa shape index (κ3) is 3.43. The van der Waals surface area contributed by atoms with Crippen LogP contribution in [0.15, 0.2) is 66.7 Å². The van der Waals surface area contributed by atoms with Crippen molar-refractivity contribution in [1.82, 2.24) is 5.32 Å². The molecule has 142 valence electrons. The number of methoxy groups -OCH3 is 1. The van der Waals surface area contributed by atoms with Crippen LogP contribution in [-0.4, -0.2) is 13.2 Å². The summed E-state index contributed by atoms with van der Waals surface area (Å²) in [6, 6.07) is 24.5. The van der Waals surface area contributed by atoms with Crippen LogP contribution in [0.5, 0.6) is 5.75 Å². The fraction of sp³-hybridized carbons (Fsp3) is 0.280. The van der Waals surface area contributed by atoms with E-state index in [2.05, 4.69) is 53.8 Å². The molecule has 0 heterocycles. The second kappa shape index (κ2) is 7.27. The van der Waals surface area contributed by atoms with Gasteiger partial charge in [-0.2, -0.15) is 0 Å². The summed E-state index contributed by atoms with van der Waals surface area (Å²) in [5.74, 6) is 1.57. The molecule has 3 unspecified atom stereocenters. The molecular weight excluding hydrogens is 366 g/mol. The van der Waals surface area contributed by atoms with Crippen molar-refractivity contribution in [1.29, 1.82) is 0 Å². The minimum absolute atomic E-state index is 0.450. The van der Waals surface area contributed by atoms with E-state index in [0.29, 0.717) is 18.0 Å². The van der Waals surface area contributed by atoms with E-state index in [1.807, 2.05) is 18.2 Å². The number of fused-ring (bicyclic) bond motifs is 1. The van der Waals surface area contributed by atoms with Gasteiger partial charge in [0.2, 0.25) is 0 Å². The fourth-order valence-corrected chi connectivity index (χ4v) is 4.67. The summed E-state index contributed by atoms with van der Waals surface area (Å²) in [6.45, 7) is 0. The van der Waals surface area contributed by atoms with Gasteiger partial charge in [0.15, 0.2) is 0 Å². The molecule has 2 aliphatic carbocycles. The highest BCUT2D eigenvalue weighted by Crippen LogP contribution is 2.44. The van der Waals surface area contributed by atoms with Crippen LogP contribution in [0.25, 0.3) is 11.1 Å². The monoisotopic (exact) mass is 389 g/mol. The molecule has 28 heavy (non-hydrogen) atoms. The Morgan fingerprint density at radius 2 is 1.82 bits per heavy atom. The Kier molecular flexibility index (Phi) is 4.62. The van der Waals surface area contributed by atoms with Crippen LogP contribution in [0.4, 0.5) is 0 Å². The predicted molar refractivity (Wildman–Crippen MR) is 115 cm³/mol. The number of ether oxygens (including phenoxy) is 1. The van der Waals surface area contributed by atoms with E-state index >= 15 is 0 Å². The quantitative estimate of drug-likeness (QED) is 0.565. The second-order valence-corrected chi connectivity index (χ2v) is 8.34. The first-order chi connectivity index (χ1) is 13.7. The summed E-state index contributed by atoms with van der Waals surface area (Å²) in [4.78, 5) is 0. The molecule has 5 rings (SSSR count). The minimum atomic E-state index is 0.450. The maximum absolute atomic E-state index is 6.13. The first-order valence-corrected chi connectivity index (χ1v) is 10.4. The number of hydrogen-bond donors (Lipinski definition) is 1. The van der Waals surface area contributed by atoms with Crippen LogP contribution >= 0.6 is 11.6 Å². The predicted octanol–water partition coefficient (Wildman–Crippen LogP) is 6.15. The third-order valence-electron chi connectivity index (χ3n) is 6.13. The molecule has 2 aliphatic rings. The van der Waals surface area contributed by atoms with Gasteiger partial charge in [-0.05, 0) is 71.3 Å². The SMILES string of the molecule is COc1ccc2c(c1)C(NC1CC1c1ccc(-c3cccc(Cl)c3)cc1)CC2. The number of benzene rings is 3. The Labute approximate surface area is 171 Å². The summed E-state index contributed by atoms with van der Waals surface area (Å²) < 4.78 is 5.42. The first-order valence-electron chi connectivity index (χ1n) is 10.00. The Balaban J connectivity index is 1.26. The van der Waals surface area contributed by atoms with Crippen molar-refractivity contribution < 1.29 is 4.74 Å². The Morgan fingerprint density at radius 1 is 0.964 bits per heavy atom. The largest absolute Gasteiger partial charge is 0.497 e. The van der Waals surface area contributed by atoms with Crippen LogP contribution < -0.4 is 10.1 Å². The van der Waals surface area contributed by atoms with Gasteiger partial charge in [0.25, 0.3) is 0 Å². The van der Waals surface area contributed by atoms with Crippen molar-refractivity contribution >= 4 is 11.6 Å². The molecular formula is C25H24ClNO. The zero-order chi connectivity index (χ0) is 19.1. The maximum Gasteiger partial charge on any atom is 0.119 e. The number of nitrogens with one attached hydrogen (secondary N) is 1. The van der Waals surface area contributed by atoms with Crippen molar-refractivity contribution in [3.05, 3.63) is 88.4 Å². The smallest absolute Gasteiger partial charge is 0.119 e.